The molecule has 134 valence electrons. The molecule has 1 fully saturated rings. The lowest BCUT2D eigenvalue weighted by molar-refractivity contribution is -0.132. The van der Waals surface area contributed by atoms with Crippen LogP contribution in [0.25, 0.3) is 5.76 Å². The Morgan fingerprint density at radius 3 is 2.56 bits per heavy atom. The van der Waals surface area contributed by atoms with Crippen LogP contribution < -0.4 is 4.90 Å². The number of anilines is 1. The van der Waals surface area contributed by atoms with Crippen molar-refractivity contribution >= 4 is 23.1 Å². The minimum absolute atomic E-state index is 0.134. The van der Waals surface area contributed by atoms with Crippen LogP contribution in [-0.2, 0) is 9.59 Å². The van der Waals surface area contributed by atoms with Crippen LogP contribution in [-0.4, -0.2) is 21.8 Å². The number of carbonyl (C=O) groups excluding carboxylic acids is 2. The molecule has 0 aliphatic carbocycles. The van der Waals surface area contributed by atoms with Crippen LogP contribution in [0.5, 0.6) is 0 Å². The SMILES string of the molecule is O=C1C(=O)N(c2cccc(F)c2)C(c2ccco2)/C1=C(/O)c1ccncc1. The number of amides is 1. The highest BCUT2D eigenvalue weighted by molar-refractivity contribution is 6.51. The molecule has 0 spiro atoms. The number of pyridine rings is 1. The first kappa shape index (κ1) is 16.7. The van der Waals surface area contributed by atoms with Gasteiger partial charge >= 0.3 is 0 Å². The lowest BCUT2D eigenvalue weighted by Crippen LogP contribution is -2.29. The molecule has 3 heterocycles. The lowest BCUT2D eigenvalue weighted by atomic mass is 9.99. The fourth-order valence-corrected chi connectivity index (χ4v) is 3.11. The number of aliphatic hydroxyl groups is 1. The molecule has 1 aliphatic rings. The van der Waals surface area contributed by atoms with Crippen LogP contribution in [0, 0.1) is 5.82 Å². The van der Waals surface area contributed by atoms with Gasteiger partial charge in [0.25, 0.3) is 11.7 Å². The predicted octanol–water partition coefficient (Wildman–Crippen LogP) is 3.44. The number of Topliss-reactive ketones (excluding diaryl/α,β-unsaturated/α-hetero) is 1. The van der Waals surface area contributed by atoms with Crippen molar-refractivity contribution in [2.75, 3.05) is 4.90 Å². The van der Waals surface area contributed by atoms with Gasteiger partial charge in [0.1, 0.15) is 23.4 Å². The van der Waals surface area contributed by atoms with E-state index in [0.29, 0.717) is 5.56 Å². The van der Waals surface area contributed by atoms with E-state index in [2.05, 4.69) is 4.98 Å². The van der Waals surface area contributed by atoms with Crippen LogP contribution in [0.2, 0.25) is 0 Å². The van der Waals surface area contributed by atoms with Gasteiger partial charge in [0.15, 0.2) is 0 Å². The first-order chi connectivity index (χ1) is 13.1. The molecule has 2 aromatic heterocycles. The van der Waals surface area contributed by atoms with Crippen molar-refractivity contribution in [1.82, 2.24) is 4.98 Å². The van der Waals surface area contributed by atoms with E-state index < -0.39 is 23.5 Å². The molecule has 1 unspecified atom stereocenters. The predicted molar refractivity (Wildman–Crippen MR) is 94.1 cm³/mol. The van der Waals surface area contributed by atoms with Gasteiger partial charge in [0.2, 0.25) is 0 Å². The fraction of sp³-hybridized carbons (Fsp3) is 0.0500. The molecular weight excluding hydrogens is 351 g/mol. The van der Waals surface area contributed by atoms with Crippen LogP contribution in [0.3, 0.4) is 0 Å². The maximum atomic E-state index is 13.7. The van der Waals surface area contributed by atoms with Gasteiger partial charge in [-0.15, -0.1) is 0 Å². The molecule has 0 radical (unpaired) electrons. The first-order valence-electron chi connectivity index (χ1n) is 8.08. The molecule has 0 bridgehead atoms. The maximum absolute atomic E-state index is 13.7. The second kappa shape index (κ2) is 6.53. The minimum atomic E-state index is -1.02. The first-order valence-corrected chi connectivity index (χ1v) is 8.08. The Bertz CT molecular complexity index is 1040. The molecule has 1 aromatic carbocycles. The van der Waals surface area contributed by atoms with E-state index in [-0.39, 0.29) is 22.8 Å². The Kier molecular flexibility index (Phi) is 4.04. The summed E-state index contributed by atoms with van der Waals surface area (Å²) in [4.78, 5) is 30.5. The minimum Gasteiger partial charge on any atom is -0.507 e. The van der Waals surface area contributed by atoms with Crippen molar-refractivity contribution in [3.63, 3.8) is 0 Å². The third kappa shape index (κ3) is 2.79. The Hall–Kier alpha value is -3.74. The van der Waals surface area contributed by atoms with E-state index >= 15 is 0 Å². The lowest BCUT2D eigenvalue weighted by Gasteiger charge is -2.23. The van der Waals surface area contributed by atoms with Crippen molar-refractivity contribution in [2.45, 2.75) is 6.04 Å². The number of carbonyl (C=O) groups is 2. The fourth-order valence-electron chi connectivity index (χ4n) is 3.11. The average Bonchev–Trinajstić information content (AvgIpc) is 3.29. The summed E-state index contributed by atoms with van der Waals surface area (Å²) in [6.45, 7) is 0. The molecule has 1 aliphatic heterocycles. The summed E-state index contributed by atoms with van der Waals surface area (Å²) in [6.07, 6.45) is 4.31. The monoisotopic (exact) mass is 364 g/mol. The van der Waals surface area contributed by atoms with E-state index in [1.165, 1.54) is 49.0 Å². The van der Waals surface area contributed by atoms with E-state index in [0.717, 1.165) is 11.0 Å². The van der Waals surface area contributed by atoms with Gasteiger partial charge in [-0.3, -0.25) is 19.5 Å². The van der Waals surface area contributed by atoms with Gasteiger partial charge in [0.05, 0.1) is 11.8 Å². The molecule has 7 heteroatoms. The van der Waals surface area contributed by atoms with E-state index in [9.17, 15) is 19.1 Å². The zero-order chi connectivity index (χ0) is 19.0. The summed E-state index contributed by atoms with van der Waals surface area (Å²) >= 11 is 0. The Morgan fingerprint density at radius 1 is 1.11 bits per heavy atom. The Labute approximate surface area is 153 Å². The number of benzene rings is 1. The Morgan fingerprint density at radius 2 is 1.89 bits per heavy atom. The summed E-state index contributed by atoms with van der Waals surface area (Å²) in [5.74, 6) is -2.39. The summed E-state index contributed by atoms with van der Waals surface area (Å²) < 4.78 is 19.1. The highest BCUT2D eigenvalue weighted by atomic mass is 19.1. The number of aromatic nitrogens is 1. The van der Waals surface area contributed by atoms with Crippen LogP contribution in [0.4, 0.5) is 10.1 Å². The molecule has 0 saturated carbocycles. The largest absolute Gasteiger partial charge is 0.507 e. The smallest absolute Gasteiger partial charge is 0.300 e. The molecule has 3 aromatic rings. The van der Waals surface area contributed by atoms with Gasteiger partial charge in [-0.25, -0.2) is 4.39 Å². The number of aliphatic hydroxyl groups excluding tert-OH is 1. The van der Waals surface area contributed by atoms with Gasteiger partial charge in [-0.05, 0) is 42.5 Å². The van der Waals surface area contributed by atoms with Crippen molar-refractivity contribution in [1.29, 1.82) is 0 Å². The number of nitrogens with zero attached hydrogens (tertiary/aromatic N) is 2. The highest BCUT2D eigenvalue weighted by Crippen LogP contribution is 2.42. The molecule has 1 atom stereocenters. The van der Waals surface area contributed by atoms with Crippen molar-refractivity contribution in [3.8, 4) is 0 Å². The topological polar surface area (TPSA) is 83.6 Å². The third-order valence-electron chi connectivity index (χ3n) is 4.30. The van der Waals surface area contributed by atoms with E-state index in [4.69, 9.17) is 4.42 Å². The summed E-state index contributed by atoms with van der Waals surface area (Å²) in [5, 5.41) is 10.7. The maximum Gasteiger partial charge on any atom is 0.300 e. The molecule has 1 amide bonds. The van der Waals surface area contributed by atoms with Crippen molar-refractivity contribution in [3.05, 3.63) is 89.9 Å². The third-order valence-corrected chi connectivity index (χ3v) is 4.30. The second-order valence-electron chi connectivity index (χ2n) is 5.90. The van der Waals surface area contributed by atoms with Crippen molar-refractivity contribution in [2.24, 2.45) is 0 Å². The van der Waals surface area contributed by atoms with Crippen molar-refractivity contribution < 1.29 is 23.5 Å². The van der Waals surface area contributed by atoms with Crippen LogP contribution in [0.15, 0.2) is 77.2 Å². The quantitative estimate of drug-likeness (QED) is 0.437. The van der Waals surface area contributed by atoms with E-state index in [1.54, 1.807) is 12.1 Å². The molecule has 1 saturated heterocycles. The number of hydrogen-bond acceptors (Lipinski definition) is 5. The normalized spacial score (nSPS) is 18.9. The zero-order valence-electron chi connectivity index (χ0n) is 13.9. The van der Waals surface area contributed by atoms with E-state index in [1.807, 2.05) is 0 Å². The van der Waals surface area contributed by atoms with Crippen LogP contribution in [0.1, 0.15) is 17.4 Å². The molecule has 4 rings (SSSR count). The average molecular weight is 364 g/mol. The summed E-state index contributed by atoms with van der Waals surface area (Å²) in [7, 11) is 0. The summed E-state index contributed by atoms with van der Waals surface area (Å²) in [6, 6.07) is 10.5. The standard InChI is InChI=1S/C20H13FN2O4/c21-13-3-1-4-14(11-13)23-17(15-5-2-10-27-15)16(19(25)20(23)26)18(24)12-6-8-22-9-7-12/h1-11,17,24H/b18-16-. The zero-order valence-corrected chi connectivity index (χ0v) is 13.9. The summed E-state index contributed by atoms with van der Waals surface area (Å²) in [5.41, 5.74) is 0.386. The van der Waals surface area contributed by atoms with Crippen LogP contribution >= 0.6 is 0 Å². The number of hydrogen-bond donors (Lipinski definition) is 1. The molecule has 6 nitrogen and oxygen atoms in total. The highest BCUT2D eigenvalue weighted by Gasteiger charge is 2.48. The number of furan rings is 1. The second-order valence-corrected chi connectivity index (χ2v) is 5.90. The Balaban J connectivity index is 1.94. The van der Waals surface area contributed by atoms with Gasteiger partial charge in [-0.2, -0.15) is 0 Å². The molecular formula is C20H13FN2O4. The number of rotatable bonds is 3. The van der Waals surface area contributed by atoms with Gasteiger partial charge in [-0.1, -0.05) is 6.07 Å². The van der Waals surface area contributed by atoms with Gasteiger partial charge in [0, 0.05) is 23.6 Å². The molecule has 27 heavy (non-hydrogen) atoms. The van der Waals surface area contributed by atoms with Gasteiger partial charge < -0.3 is 9.52 Å². The molecule has 1 N–H and O–H groups in total. The number of halogens is 1. The number of ketones is 1.